The van der Waals surface area contributed by atoms with Crippen LogP contribution in [-0.2, 0) is 11.2 Å². The highest BCUT2D eigenvalue weighted by Crippen LogP contribution is 2.13. The standard InChI is InChI=1S/C14H22N2O2.ClH/c1-10(15)7-14(17)16-11(2)8-12-5-4-6-13(9-12)18-3;/h4-6,9-11H,7-8,15H2,1-3H3,(H,16,17);1H. The minimum atomic E-state index is -0.103. The molecule has 0 saturated heterocycles. The molecule has 0 aliphatic rings. The summed E-state index contributed by atoms with van der Waals surface area (Å²) in [4.78, 5) is 11.6. The second-order valence-electron chi connectivity index (χ2n) is 4.71. The third-order valence-electron chi connectivity index (χ3n) is 2.59. The summed E-state index contributed by atoms with van der Waals surface area (Å²) in [6.45, 7) is 3.81. The lowest BCUT2D eigenvalue weighted by Gasteiger charge is -2.15. The first kappa shape index (κ1) is 17.7. The van der Waals surface area contributed by atoms with Crippen molar-refractivity contribution in [2.75, 3.05) is 7.11 Å². The molecule has 1 amide bonds. The Bertz CT molecular complexity index is 397. The second kappa shape index (κ2) is 8.77. The highest BCUT2D eigenvalue weighted by molar-refractivity contribution is 5.85. The number of methoxy groups -OCH3 is 1. The van der Waals surface area contributed by atoms with Crippen LogP contribution in [0.1, 0.15) is 25.8 Å². The van der Waals surface area contributed by atoms with Gasteiger partial charge in [-0.05, 0) is 38.0 Å². The molecule has 108 valence electrons. The maximum absolute atomic E-state index is 11.6. The van der Waals surface area contributed by atoms with Gasteiger partial charge in [0.1, 0.15) is 5.75 Å². The minimum Gasteiger partial charge on any atom is -0.497 e. The predicted molar refractivity (Wildman–Crippen MR) is 79.8 cm³/mol. The average molecular weight is 287 g/mol. The summed E-state index contributed by atoms with van der Waals surface area (Å²) in [5.74, 6) is 0.835. The summed E-state index contributed by atoms with van der Waals surface area (Å²) in [7, 11) is 1.65. The van der Waals surface area contributed by atoms with E-state index >= 15 is 0 Å². The molecule has 0 bridgehead atoms. The predicted octanol–water partition coefficient (Wildman–Crippen LogP) is 1.90. The number of carbonyl (C=O) groups is 1. The number of hydrogen-bond donors (Lipinski definition) is 2. The molecule has 0 aromatic heterocycles. The van der Waals surface area contributed by atoms with Crippen molar-refractivity contribution in [3.63, 3.8) is 0 Å². The largest absolute Gasteiger partial charge is 0.497 e. The van der Waals surface area contributed by atoms with Gasteiger partial charge in [0.25, 0.3) is 0 Å². The molecule has 0 fully saturated rings. The number of halogens is 1. The average Bonchev–Trinajstić information content (AvgIpc) is 2.27. The van der Waals surface area contributed by atoms with Crippen molar-refractivity contribution in [1.82, 2.24) is 5.32 Å². The van der Waals surface area contributed by atoms with Crippen molar-refractivity contribution in [1.29, 1.82) is 0 Å². The lowest BCUT2D eigenvalue weighted by Crippen LogP contribution is -2.37. The van der Waals surface area contributed by atoms with Gasteiger partial charge in [-0.2, -0.15) is 0 Å². The fourth-order valence-corrected chi connectivity index (χ4v) is 1.83. The first-order valence-corrected chi connectivity index (χ1v) is 6.19. The molecule has 1 aromatic carbocycles. The molecule has 0 heterocycles. The highest BCUT2D eigenvalue weighted by atomic mass is 35.5. The van der Waals surface area contributed by atoms with Crippen molar-refractivity contribution in [3.05, 3.63) is 29.8 Å². The Balaban J connectivity index is 0.00000324. The van der Waals surface area contributed by atoms with E-state index in [4.69, 9.17) is 10.5 Å². The summed E-state index contributed by atoms with van der Waals surface area (Å²) in [6, 6.07) is 7.84. The van der Waals surface area contributed by atoms with E-state index < -0.39 is 0 Å². The zero-order valence-electron chi connectivity index (χ0n) is 11.7. The number of hydrogen-bond acceptors (Lipinski definition) is 3. The van der Waals surface area contributed by atoms with Crippen LogP contribution >= 0.6 is 12.4 Å². The van der Waals surface area contributed by atoms with Gasteiger partial charge in [-0.1, -0.05) is 12.1 Å². The molecule has 3 N–H and O–H groups in total. The van der Waals surface area contributed by atoms with E-state index in [1.165, 1.54) is 0 Å². The second-order valence-corrected chi connectivity index (χ2v) is 4.71. The summed E-state index contributed by atoms with van der Waals surface area (Å²) in [5, 5.41) is 2.94. The summed E-state index contributed by atoms with van der Waals surface area (Å²) < 4.78 is 5.17. The summed E-state index contributed by atoms with van der Waals surface area (Å²) in [5.41, 5.74) is 6.72. The van der Waals surface area contributed by atoms with Gasteiger partial charge in [0, 0.05) is 18.5 Å². The molecule has 0 aliphatic heterocycles. The van der Waals surface area contributed by atoms with Crippen LogP contribution in [0.5, 0.6) is 5.75 Å². The van der Waals surface area contributed by atoms with Gasteiger partial charge >= 0.3 is 0 Å². The third kappa shape index (κ3) is 7.03. The van der Waals surface area contributed by atoms with Crippen LogP contribution in [-0.4, -0.2) is 25.1 Å². The van der Waals surface area contributed by atoms with E-state index in [0.29, 0.717) is 6.42 Å². The van der Waals surface area contributed by atoms with E-state index in [1.807, 2.05) is 38.1 Å². The van der Waals surface area contributed by atoms with E-state index in [9.17, 15) is 4.79 Å². The maximum atomic E-state index is 11.6. The van der Waals surface area contributed by atoms with Crippen LogP contribution in [0.2, 0.25) is 0 Å². The normalized spacial score (nSPS) is 13.1. The molecule has 0 spiro atoms. The Morgan fingerprint density at radius 1 is 1.42 bits per heavy atom. The molecule has 0 aliphatic carbocycles. The number of rotatable bonds is 6. The Morgan fingerprint density at radius 2 is 2.11 bits per heavy atom. The monoisotopic (exact) mass is 286 g/mol. The molecular formula is C14H23ClN2O2. The maximum Gasteiger partial charge on any atom is 0.221 e. The minimum absolute atomic E-state index is 0. The Morgan fingerprint density at radius 3 is 2.68 bits per heavy atom. The van der Waals surface area contributed by atoms with Gasteiger partial charge in [0.2, 0.25) is 5.91 Å². The molecular weight excluding hydrogens is 264 g/mol. The van der Waals surface area contributed by atoms with Crippen molar-refractivity contribution in [3.8, 4) is 5.75 Å². The Hall–Kier alpha value is -1.26. The first-order chi connectivity index (χ1) is 8.51. The Kier molecular flexibility index (Phi) is 8.19. The molecule has 1 rings (SSSR count). The number of nitrogens with two attached hydrogens (primary N) is 1. The van der Waals surface area contributed by atoms with Gasteiger partial charge in [0.05, 0.1) is 7.11 Å². The number of benzene rings is 1. The summed E-state index contributed by atoms with van der Waals surface area (Å²) in [6.07, 6.45) is 1.14. The third-order valence-corrected chi connectivity index (χ3v) is 2.59. The van der Waals surface area contributed by atoms with Crippen molar-refractivity contribution >= 4 is 18.3 Å². The molecule has 2 atom stereocenters. The molecule has 5 heteroatoms. The molecule has 4 nitrogen and oxygen atoms in total. The number of nitrogens with one attached hydrogen (secondary N) is 1. The van der Waals surface area contributed by atoms with Crippen LogP contribution in [0.25, 0.3) is 0 Å². The van der Waals surface area contributed by atoms with Crippen molar-refractivity contribution in [2.45, 2.75) is 38.8 Å². The van der Waals surface area contributed by atoms with E-state index in [0.717, 1.165) is 17.7 Å². The van der Waals surface area contributed by atoms with E-state index in [2.05, 4.69) is 5.32 Å². The smallest absolute Gasteiger partial charge is 0.221 e. The van der Waals surface area contributed by atoms with Gasteiger partial charge < -0.3 is 15.8 Å². The van der Waals surface area contributed by atoms with Crippen LogP contribution in [0, 0.1) is 0 Å². The van der Waals surface area contributed by atoms with Crippen LogP contribution in [0.15, 0.2) is 24.3 Å². The van der Waals surface area contributed by atoms with Crippen LogP contribution in [0.4, 0.5) is 0 Å². The van der Waals surface area contributed by atoms with Gasteiger partial charge in [-0.25, -0.2) is 0 Å². The topological polar surface area (TPSA) is 64.3 Å². The molecule has 2 unspecified atom stereocenters. The highest BCUT2D eigenvalue weighted by Gasteiger charge is 2.10. The van der Waals surface area contributed by atoms with Crippen molar-refractivity contribution in [2.24, 2.45) is 5.73 Å². The molecule has 19 heavy (non-hydrogen) atoms. The van der Waals surface area contributed by atoms with E-state index in [-0.39, 0.29) is 30.4 Å². The zero-order valence-corrected chi connectivity index (χ0v) is 12.5. The van der Waals surface area contributed by atoms with Crippen LogP contribution < -0.4 is 15.8 Å². The fraction of sp³-hybridized carbons (Fsp3) is 0.500. The zero-order chi connectivity index (χ0) is 13.5. The quantitative estimate of drug-likeness (QED) is 0.839. The molecule has 0 saturated carbocycles. The number of ether oxygens (including phenoxy) is 1. The van der Waals surface area contributed by atoms with Gasteiger partial charge in [-0.15, -0.1) is 12.4 Å². The summed E-state index contributed by atoms with van der Waals surface area (Å²) >= 11 is 0. The van der Waals surface area contributed by atoms with Crippen molar-refractivity contribution < 1.29 is 9.53 Å². The van der Waals surface area contributed by atoms with Crippen LogP contribution in [0.3, 0.4) is 0 Å². The SMILES string of the molecule is COc1cccc(CC(C)NC(=O)CC(C)N)c1.Cl. The van der Waals surface area contributed by atoms with Gasteiger partial charge in [0.15, 0.2) is 0 Å². The molecule has 1 aromatic rings. The lowest BCUT2D eigenvalue weighted by molar-refractivity contribution is -0.121. The molecule has 0 radical (unpaired) electrons. The van der Waals surface area contributed by atoms with E-state index in [1.54, 1.807) is 7.11 Å². The number of carbonyl (C=O) groups excluding carboxylic acids is 1. The fourth-order valence-electron chi connectivity index (χ4n) is 1.83. The number of amides is 1. The first-order valence-electron chi connectivity index (χ1n) is 6.19. The van der Waals surface area contributed by atoms with Gasteiger partial charge in [-0.3, -0.25) is 4.79 Å². The Labute approximate surface area is 121 Å². The lowest BCUT2D eigenvalue weighted by atomic mass is 10.1.